The highest BCUT2D eigenvalue weighted by Crippen LogP contribution is 2.26. The molecule has 2 rings (SSSR count). The molecule has 0 aromatic heterocycles. The fraction of sp³-hybridized carbons (Fsp3) is 0.538. The smallest absolute Gasteiger partial charge is 0.406 e. The molecular formula is C13H16F3NO2. The molecule has 19 heavy (non-hydrogen) atoms. The van der Waals surface area contributed by atoms with Crippen LogP contribution in [0.25, 0.3) is 0 Å². The molecule has 0 spiro atoms. The number of hydrogen-bond acceptors (Lipinski definition) is 3. The molecule has 0 saturated carbocycles. The van der Waals surface area contributed by atoms with Gasteiger partial charge in [-0.3, -0.25) is 4.90 Å². The number of hydrogen-bond donors (Lipinski definition) is 1. The molecule has 0 radical (unpaired) electrons. The monoisotopic (exact) mass is 275 g/mol. The van der Waals surface area contributed by atoms with E-state index in [0.717, 1.165) is 32.4 Å². The Kier molecular flexibility index (Phi) is 4.31. The maximum Gasteiger partial charge on any atom is 0.573 e. The number of aliphatic hydroxyl groups excluding tert-OH is 1. The van der Waals surface area contributed by atoms with Crippen LogP contribution in [0.4, 0.5) is 13.2 Å². The van der Waals surface area contributed by atoms with E-state index in [0.29, 0.717) is 5.56 Å². The zero-order valence-electron chi connectivity index (χ0n) is 10.4. The molecule has 1 N–H and O–H groups in total. The number of aliphatic hydroxyl groups is 1. The lowest BCUT2D eigenvalue weighted by atomic mass is 10.1. The molecule has 0 aliphatic carbocycles. The van der Waals surface area contributed by atoms with Crippen LogP contribution in [-0.2, 0) is 0 Å². The average Bonchev–Trinajstić information content (AvgIpc) is 2.38. The second-order valence-electron chi connectivity index (χ2n) is 4.59. The van der Waals surface area contributed by atoms with E-state index in [1.807, 2.05) is 4.90 Å². The van der Waals surface area contributed by atoms with Crippen molar-refractivity contribution < 1.29 is 23.0 Å². The number of halogens is 3. The molecule has 0 amide bonds. The Bertz CT molecular complexity index is 399. The van der Waals surface area contributed by atoms with E-state index in [2.05, 4.69) is 4.74 Å². The highest BCUT2D eigenvalue weighted by atomic mass is 19.4. The Hall–Kier alpha value is -1.27. The molecule has 1 heterocycles. The summed E-state index contributed by atoms with van der Waals surface area (Å²) in [5.41, 5.74) is 0.580. The molecule has 1 aromatic carbocycles. The Labute approximate surface area is 109 Å². The van der Waals surface area contributed by atoms with E-state index in [1.165, 1.54) is 24.3 Å². The summed E-state index contributed by atoms with van der Waals surface area (Å²) < 4.78 is 39.8. The largest absolute Gasteiger partial charge is 0.573 e. The summed E-state index contributed by atoms with van der Waals surface area (Å²) in [5, 5.41) is 10.1. The summed E-state index contributed by atoms with van der Waals surface area (Å²) in [6.45, 7) is 1.62. The van der Waals surface area contributed by atoms with Gasteiger partial charge in [0.2, 0.25) is 0 Å². The van der Waals surface area contributed by atoms with Gasteiger partial charge in [0.1, 0.15) is 12.0 Å². The highest BCUT2D eigenvalue weighted by Gasteiger charge is 2.31. The lowest BCUT2D eigenvalue weighted by Crippen LogP contribution is -2.33. The topological polar surface area (TPSA) is 32.7 Å². The zero-order chi connectivity index (χ0) is 13.9. The molecule has 106 valence electrons. The minimum absolute atomic E-state index is 0.276. The number of benzene rings is 1. The molecule has 1 atom stereocenters. The second kappa shape index (κ2) is 5.79. The van der Waals surface area contributed by atoms with Gasteiger partial charge in [0.25, 0.3) is 0 Å². The standard InChI is InChI=1S/C13H16F3NO2/c14-13(15,16)19-11-6-4-10(5-7-11)12(18)17-8-2-1-3-9-17/h4-7,12,18H,1-3,8-9H2. The van der Waals surface area contributed by atoms with Crippen molar-refractivity contribution in [2.45, 2.75) is 31.9 Å². The van der Waals surface area contributed by atoms with Crippen LogP contribution in [0.5, 0.6) is 5.75 Å². The predicted octanol–water partition coefficient (Wildman–Crippen LogP) is 3.06. The maximum atomic E-state index is 12.0. The second-order valence-corrected chi connectivity index (χ2v) is 4.59. The van der Waals surface area contributed by atoms with E-state index < -0.39 is 12.6 Å². The van der Waals surface area contributed by atoms with Crippen molar-refractivity contribution in [2.24, 2.45) is 0 Å². The number of alkyl halides is 3. The molecule has 0 bridgehead atoms. The first-order valence-electron chi connectivity index (χ1n) is 6.23. The zero-order valence-corrected chi connectivity index (χ0v) is 10.4. The third kappa shape index (κ3) is 4.11. The quantitative estimate of drug-likeness (QED) is 0.920. The van der Waals surface area contributed by atoms with E-state index in [9.17, 15) is 18.3 Å². The summed E-state index contributed by atoms with van der Waals surface area (Å²) in [4.78, 5) is 1.92. The number of piperidine rings is 1. The molecule has 1 aromatic rings. The summed E-state index contributed by atoms with van der Waals surface area (Å²) in [5.74, 6) is -0.276. The van der Waals surface area contributed by atoms with E-state index in [1.54, 1.807) is 0 Å². The Morgan fingerprint density at radius 2 is 1.63 bits per heavy atom. The van der Waals surface area contributed by atoms with Gasteiger partial charge < -0.3 is 9.84 Å². The normalized spacial score (nSPS) is 19.2. The minimum atomic E-state index is -4.69. The van der Waals surface area contributed by atoms with Gasteiger partial charge in [-0.2, -0.15) is 0 Å². The van der Waals surface area contributed by atoms with Crippen molar-refractivity contribution in [1.82, 2.24) is 4.90 Å². The third-order valence-corrected chi connectivity index (χ3v) is 3.15. The van der Waals surface area contributed by atoms with E-state index >= 15 is 0 Å². The summed E-state index contributed by atoms with van der Waals surface area (Å²) in [6.07, 6.45) is -2.23. The summed E-state index contributed by atoms with van der Waals surface area (Å²) in [7, 11) is 0. The molecule has 1 aliphatic rings. The van der Waals surface area contributed by atoms with Gasteiger partial charge in [0.15, 0.2) is 0 Å². The first-order valence-corrected chi connectivity index (χ1v) is 6.23. The van der Waals surface area contributed by atoms with Crippen molar-refractivity contribution in [1.29, 1.82) is 0 Å². The van der Waals surface area contributed by atoms with Crippen molar-refractivity contribution >= 4 is 0 Å². The van der Waals surface area contributed by atoms with Gasteiger partial charge >= 0.3 is 6.36 Å². The summed E-state index contributed by atoms with van der Waals surface area (Å²) in [6, 6.07) is 5.35. The van der Waals surface area contributed by atoms with Gasteiger partial charge in [0.05, 0.1) is 0 Å². The van der Waals surface area contributed by atoms with Crippen LogP contribution < -0.4 is 4.74 Å². The first-order chi connectivity index (χ1) is 8.96. The molecule has 1 aliphatic heterocycles. The third-order valence-electron chi connectivity index (χ3n) is 3.15. The van der Waals surface area contributed by atoms with Gasteiger partial charge in [0, 0.05) is 13.1 Å². The maximum absolute atomic E-state index is 12.0. The van der Waals surface area contributed by atoms with Crippen LogP contribution in [-0.4, -0.2) is 29.5 Å². The lowest BCUT2D eigenvalue weighted by molar-refractivity contribution is -0.274. The Morgan fingerprint density at radius 1 is 1.05 bits per heavy atom. The van der Waals surface area contributed by atoms with Crippen molar-refractivity contribution in [3.63, 3.8) is 0 Å². The van der Waals surface area contributed by atoms with Gasteiger partial charge in [-0.15, -0.1) is 13.2 Å². The molecule has 1 unspecified atom stereocenters. The van der Waals surface area contributed by atoms with Gasteiger partial charge in [-0.05, 0) is 30.5 Å². The molecule has 1 fully saturated rings. The molecule has 3 nitrogen and oxygen atoms in total. The van der Waals surface area contributed by atoms with Crippen LogP contribution in [0.15, 0.2) is 24.3 Å². The van der Waals surface area contributed by atoms with E-state index in [-0.39, 0.29) is 5.75 Å². The van der Waals surface area contributed by atoms with Crippen LogP contribution in [0.2, 0.25) is 0 Å². The van der Waals surface area contributed by atoms with E-state index in [4.69, 9.17) is 0 Å². The highest BCUT2D eigenvalue weighted by molar-refractivity contribution is 5.28. The van der Waals surface area contributed by atoms with Crippen LogP contribution >= 0.6 is 0 Å². The minimum Gasteiger partial charge on any atom is -0.406 e. The van der Waals surface area contributed by atoms with Crippen molar-refractivity contribution in [2.75, 3.05) is 13.1 Å². The molecule has 6 heteroatoms. The molecular weight excluding hydrogens is 259 g/mol. The summed E-state index contributed by atoms with van der Waals surface area (Å²) >= 11 is 0. The van der Waals surface area contributed by atoms with Crippen molar-refractivity contribution in [3.8, 4) is 5.75 Å². The number of likely N-dealkylation sites (tertiary alicyclic amines) is 1. The average molecular weight is 275 g/mol. The Balaban J connectivity index is 2.01. The number of rotatable bonds is 3. The van der Waals surface area contributed by atoms with Crippen LogP contribution in [0.1, 0.15) is 31.1 Å². The van der Waals surface area contributed by atoms with Gasteiger partial charge in [-0.25, -0.2) is 0 Å². The first kappa shape index (κ1) is 14.1. The predicted molar refractivity (Wildman–Crippen MR) is 63.5 cm³/mol. The number of nitrogens with zero attached hydrogens (tertiary/aromatic N) is 1. The SMILES string of the molecule is OC(c1ccc(OC(F)(F)F)cc1)N1CCCCC1. The fourth-order valence-electron chi connectivity index (χ4n) is 2.22. The fourth-order valence-corrected chi connectivity index (χ4v) is 2.22. The van der Waals surface area contributed by atoms with Gasteiger partial charge in [-0.1, -0.05) is 18.6 Å². The number of ether oxygens (including phenoxy) is 1. The molecule has 1 saturated heterocycles. The Morgan fingerprint density at radius 3 is 2.16 bits per heavy atom. The van der Waals surface area contributed by atoms with Crippen LogP contribution in [0.3, 0.4) is 0 Å². The van der Waals surface area contributed by atoms with Crippen molar-refractivity contribution in [3.05, 3.63) is 29.8 Å². The lowest BCUT2D eigenvalue weighted by Gasteiger charge is -2.31. The van der Waals surface area contributed by atoms with Crippen LogP contribution in [0, 0.1) is 0 Å².